The van der Waals surface area contributed by atoms with Crippen molar-refractivity contribution in [2.24, 2.45) is 10.9 Å². The number of benzene rings is 2. The first-order chi connectivity index (χ1) is 15.4. The summed E-state index contributed by atoms with van der Waals surface area (Å²) in [6, 6.07) is 18.2. The maximum absolute atomic E-state index is 5.28. The molecule has 2 aromatic rings. The largest absolute Gasteiger partial charge is 0.371 e. The van der Waals surface area contributed by atoms with Gasteiger partial charge in [0.05, 0.1) is 6.04 Å². The van der Waals surface area contributed by atoms with Gasteiger partial charge in [0.15, 0.2) is 0 Å². The third kappa shape index (κ3) is 5.14. The van der Waals surface area contributed by atoms with Gasteiger partial charge in [-0.3, -0.25) is 4.99 Å². The highest BCUT2D eigenvalue weighted by Gasteiger charge is 2.28. The van der Waals surface area contributed by atoms with Crippen LogP contribution in [0, 0.1) is 5.92 Å². The number of aliphatic imine (C=N–C) groups is 1. The Balaban J connectivity index is 1.43. The van der Waals surface area contributed by atoms with Gasteiger partial charge in [0.1, 0.15) is 0 Å². The molecule has 2 saturated heterocycles. The maximum atomic E-state index is 5.28. The van der Waals surface area contributed by atoms with Gasteiger partial charge in [0, 0.05) is 49.3 Å². The van der Waals surface area contributed by atoms with Crippen LogP contribution >= 0.6 is 0 Å². The molecule has 3 fully saturated rings. The van der Waals surface area contributed by atoms with Crippen LogP contribution < -0.4 is 9.80 Å². The fourth-order valence-corrected chi connectivity index (χ4v) is 5.32. The molecule has 5 rings (SSSR count). The van der Waals surface area contributed by atoms with E-state index >= 15 is 0 Å². The molecule has 0 amide bonds. The first kappa shape index (κ1) is 20.6. The Morgan fingerprint density at radius 2 is 1.32 bits per heavy atom. The monoisotopic (exact) mass is 415 g/mol. The number of hydrogen-bond donors (Lipinski definition) is 0. The van der Waals surface area contributed by atoms with Crippen LogP contribution in [0.1, 0.15) is 75.0 Å². The zero-order valence-electron chi connectivity index (χ0n) is 18.9. The van der Waals surface area contributed by atoms with Crippen molar-refractivity contribution in [1.82, 2.24) is 0 Å². The van der Waals surface area contributed by atoms with Crippen LogP contribution in [0.5, 0.6) is 0 Å². The minimum Gasteiger partial charge on any atom is -0.371 e. The Morgan fingerprint density at radius 3 is 2.00 bits per heavy atom. The lowest BCUT2D eigenvalue weighted by molar-refractivity contribution is 0.565. The van der Waals surface area contributed by atoms with Gasteiger partial charge < -0.3 is 9.80 Å². The number of piperidine rings is 2. The molecule has 0 aromatic heterocycles. The zero-order chi connectivity index (χ0) is 20.9. The second-order valence-corrected chi connectivity index (χ2v) is 9.69. The van der Waals surface area contributed by atoms with Crippen LogP contribution in [0.15, 0.2) is 53.5 Å². The van der Waals surface area contributed by atoms with Crippen LogP contribution in [0.4, 0.5) is 11.4 Å². The molecule has 0 bridgehead atoms. The summed E-state index contributed by atoms with van der Waals surface area (Å²) in [7, 11) is 0. The van der Waals surface area contributed by atoms with Crippen molar-refractivity contribution in [3.63, 3.8) is 0 Å². The Hall–Kier alpha value is -2.29. The standard InChI is InChI=1S/C28H37N3/c1-7-17-30(18-8-1)27-13-5-3-11-24(27)22-29-26(21-23-15-16-23)25-12-4-6-14-28(25)31-19-9-2-10-20-31/h3-6,11-14,22-23,26H,1-2,7-10,15-21H2. The van der Waals surface area contributed by atoms with Crippen LogP contribution in [-0.2, 0) is 0 Å². The molecule has 0 radical (unpaired) electrons. The van der Waals surface area contributed by atoms with E-state index in [9.17, 15) is 0 Å². The second kappa shape index (κ2) is 9.89. The van der Waals surface area contributed by atoms with Crippen molar-refractivity contribution in [2.45, 2.75) is 63.8 Å². The van der Waals surface area contributed by atoms with E-state index in [1.807, 2.05) is 0 Å². The highest BCUT2D eigenvalue weighted by atomic mass is 15.1. The van der Waals surface area contributed by atoms with Crippen molar-refractivity contribution in [3.05, 3.63) is 59.7 Å². The van der Waals surface area contributed by atoms with Gasteiger partial charge in [-0.25, -0.2) is 0 Å². The molecule has 31 heavy (non-hydrogen) atoms. The highest BCUT2D eigenvalue weighted by molar-refractivity contribution is 5.88. The molecule has 2 aliphatic heterocycles. The predicted octanol–water partition coefficient (Wildman–Crippen LogP) is 6.63. The summed E-state index contributed by atoms with van der Waals surface area (Å²) in [5.74, 6) is 0.855. The average molecular weight is 416 g/mol. The Labute approximate surface area is 188 Å². The average Bonchev–Trinajstić information content (AvgIpc) is 3.67. The van der Waals surface area contributed by atoms with E-state index in [0.717, 1.165) is 5.92 Å². The molecule has 0 N–H and O–H groups in total. The first-order valence-electron chi connectivity index (χ1n) is 12.6. The second-order valence-electron chi connectivity index (χ2n) is 9.69. The Kier molecular flexibility index (Phi) is 6.57. The molecule has 164 valence electrons. The highest BCUT2D eigenvalue weighted by Crippen LogP contribution is 2.42. The molecule has 3 aliphatic rings. The SMILES string of the molecule is C(=NC(CC1CC1)c1ccccc1N1CCCCC1)c1ccccc1N1CCCCC1. The predicted molar refractivity (Wildman–Crippen MR) is 133 cm³/mol. The summed E-state index contributed by atoms with van der Waals surface area (Å²) < 4.78 is 0. The summed E-state index contributed by atoms with van der Waals surface area (Å²) in [5, 5.41) is 0. The molecular formula is C28H37N3. The van der Waals surface area contributed by atoms with Crippen LogP contribution in [0.2, 0.25) is 0 Å². The fourth-order valence-electron chi connectivity index (χ4n) is 5.32. The van der Waals surface area contributed by atoms with E-state index in [2.05, 4.69) is 64.5 Å². The number of anilines is 2. The smallest absolute Gasteiger partial charge is 0.0771 e. The van der Waals surface area contributed by atoms with Crippen LogP contribution in [0.25, 0.3) is 0 Å². The molecule has 2 aromatic carbocycles. The van der Waals surface area contributed by atoms with Gasteiger partial charge in [0.2, 0.25) is 0 Å². The topological polar surface area (TPSA) is 18.8 Å². The van der Waals surface area contributed by atoms with E-state index in [0.29, 0.717) is 0 Å². The Bertz CT molecular complexity index is 873. The third-order valence-corrected chi connectivity index (χ3v) is 7.27. The molecular weight excluding hydrogens is 378 g/mol. The number of rotatable bonds is 7. The molecule has 3 nitrogen and oxygen atoms in total. The lowest BCUT2D eigenvalue weighted by Crippen LogP contribution is -2.30. The van der Waals surface area contributed by atoms with E-state index < -0.39 is 0 Å². The molecule has 0 spiro atoms. The molecule has 1 aliphatic carbocycles. The van der Waals surface area contributed by atoms with Gasteiger partial charge in [-0.05, 0) is 68.6 Å². The quantitative estimate of drug-likeness (QED) is 0.473. The van der Waals surface area contributed by atoms with E-state index in [4.69, 9.17) is 4.99 Å². The summed E-state index contributed by atoms with van der Waals surface area (Å²) in [4.78, 5) is 10.4. The van der Waals surface area contributed by atoms with Crippen molar-refractivity contribution in [3.8, 4) is 0 Å². The molecule has 1 saturated carbocycles. The summed E-state index contributed by atoms with van der Waals surface area (Å²) >= 11 is 0. The summed E-state index contributed by atoms with van der Waals surface area (Å²) in [6.07, 6.45) is 14.1. The van der Waals surface area contributed by atoms with E-state index in [-0.39, 0.29) is 6.04 Å². The van der Waals surface area contributed by atoms with Gasteiger partial charge in [-0.2, -0.15) is 0 Å². The lowest BCUT2D eigenvalue weighted by Gasteiger charge is -2.32. The van der Waals surface area contributed by atoms with Crippen molar-refractivity contribution < 1.29 is 0 Å². The minimum atomic E-state index is 0.264. The summed E-state index contributed by atoms with van der Waals surface area (Å²) in [5.41, 5.74) is 5.50. The summed E-state index contributed by atoms with van der Waals surface area (Å²) in [6.45, 7) is 4.73. The van der Waals surface area contributed by atoms with E-state index in [1.54, 1.807) is 0 Å². The van der Waals surface area contributed by atoms with Gasteiger partial charge in [0.25, 0.3) is 0 Å². The van der Waals surface area contributed by atoms with E-state index in [1.165, 1.54) is 106 Å². The number of para-hydroxylation sites is 2. The minimum absolute atomic E-state index is 0.264. The van der Waals surface area contributed by atoms with Crippen molar-refractivity contribution in [1.29, 1.82) is 0 Å². The third-order valence-electron chi connectivity index (χ3n) is 7.27. The number of hydrogen-bond acceptors (Lipinski definition) is 3. The first-order valence-corrected chi connectivity index (χ1v) is 12.6. The zero-order valence-corrected chi connectivity index (χ0v) is 18.9. The maximum Gasteiger partial charge on any atom is 0.0771 e. The Morgan fingerprint density at radius 1 is 0.742 bits per heavy atom. The van der Waals surface area contributed by atoms with Crippen LogP contribution in [-0.4, -0.2) is 32.4 Å². The molecule has 1 unspecified atom stereocenters. The van der Waals surface area contributed by atoms with Gasteiger partial charge in [-0.15, -0.1) is 0 Å². The van der Waals surface area contributed by atoms with Gasteiger partial charge >= 0.3 is 0 Å². The normalized spacial score (nSPS) is 20.9. The lowest BCUT2D eigenvalue weighted by atomic mass is 9.97. The molecule has 2 heterocycles. The van der Waals surface area contributed by atoms with Crippen LogP contribution in [0.3, 0.4) is 0 Å². The van der Waals surface area contributed by atoms with Crippen molar-refractivity contribution >= 4 is 17.6 Å². The van der Waals surface area contributed by atoms with Gasteiger partial charge in [-0.1, -0.05) is 49.2 Å². The molecule has 1 atom stereocenters. The molecule has 3 heteroatoms. The fraction of sp³-hybridized carbons (Fsp3) is 0.536. The van der Waals surface area contributed by atoms with Crippen molar-refractivity contribution in [2.75, 3.05) is 36.0 Å². The number of nitrogens with zero attached hydrogens (tertiary/aromatic N) is 3.